The first kappa shape index (κ1) is 16.0. The molecule has 2 aromatic heterocycles. The standard InChI is InChI=1S/C15H19N5O4/c1-19(2)15-16-11-8-20(6-5-10(11)14(23)17-15)13(22)4-3-9-7-12(21)18-24-9/h7H,3-6,8H2,1-2H3,(H,18,21)(H,16,17,23). The van der Waals surface area contributed by atoms with Gasteiger partial charge in [-0.25, -0.2) is 4.98 Å². The van der Waals surface area contributed by atoms with E-state index in [4.69, 9.17) is 4.52 Å². The number of hydrogen-bond donors (Lipinski definition) is 2. The number of aryl methyl sites for hydroxylation is 1. The molecule has 2 N–H and O–H groups in total. The molecular weight excluding hydrogens is 314 g/mol. The molecule has 0 aromatic carbocycles. The number of amides is 1. The van der Waals surface area contributed by atoms with Crippen LogP contribution in [-0.4, -0.2) is 46.6 Å². The van der Waals surface area contributed by atoms with E-state index in [0.717, 1.165) is 0 Å². The van der Waals surface area contributed by atoms with Crippen molar-refractivity contribution in [3.8, 4) is 0 Å². The maximum atomic E-state index is 12.4. The van der Waals surface area contributed by atoms with Gasteiger partial charge in [-0.2, -0.15) is 5.16 Å². The Morgan fingerprint density at radius 2 is 2.21 bits per heavy atom. The molecule has 0 spiro atoms. The van der Waals surface area contributed by atoms with Crippen LogP contribution < -0.4 is 16.0 Å². The Morgan fingerprint density at radius 1 is 1.42 bits per heavy atom. The molecule has 0 radical (unpaired) electrons. The summed E-state index contributed by atoms with van der Waals surface area (Å²) in [6.07, 6.45) is 1.07. The summed E-state index contributed by atoms with van der Waals surface area (Å²) in [5, 5.41) is 2.20. The van der Waals surface area contributed by atoms with Crippen LogP contribution in [0.5, 0.6) is 0 Å². The molecule has 3 heterocycles. The van der Waals surface area contributed by atoms with Crippen LogP contribution in [0.15, 0.2) is 20.2 Å². The van der Waals surface area contributed by atoms with Crippen LogP contribution in [0, 0.1) is 0 Å². The summed E-state index contributed by atoms with van der Waals surface area (Å²) < 4.78 is 4.94. The van der Waals surface area contributed by atoms with Crippen LogP contribution in [0.3, 0.4) is 0 Å². The highest BCUT2D eigenvalue weighted by Crippen LogP contribution is 2.17. The lowest BCUT2D eigenvalue weighted by Gasteiger charge is -2.28. The van der Waals surface area contributed by atoms with Crippen molar-refractivity contribution in [3.63, 3.8) is 0 Å². The number of nitrogens with zero attached hydrogens (tertiary/aromatic N) is 3. The summed E-state index contributed by atoms with van der Waals surface area (Å²) in [7, 11) is 3.59. The first-order valence-corrected chi connectivity index (χ1v) is 7.68. The van der Waals surface area contributed by atoms with Crippen molar-refractivity contribution in [3.05, 3.63) is 43.8 Å². The molecule has 0 unspecified atom stereocenters. The molecular formula is C15H19N5O4. The summed E-state index contributed by atoms with van der Waals surface area (Å²) in [4.78, 5) is 46.1. The fraction of sp³-hybridized carbons (Fsp3) is 0.467. The van der Waals surface area contributed by atoms with Crippen molar-refractivity contribution in [2.75, 3.05) is 25.5 Å². The van der Waals surface area contributed by atoms with E-state index in [1.807, 2.05) is 0 Å². The number of carbonyl (C=O) groups is 1. The second-order valence-corrected chi connectivity index (χ2v) is 5.95. The number of anilines is 1. The summed E-state index contributed by atoms with van der Waals surface area (Å²) in [5.41, 5.74) is 0.811. The van der Waals surface area contributed by atoms with Gasteiger partial charge >= 0.3 is 0 Å². The summed E-state index contributed by atoms with van der Waals surface area (Å²) in [6.45, 7) is 0.797. The average Bonchev–Trinajstić information content (AvgIpc) is 2.97. The third-order valence-corrected chi connectivity index (χ3v) is 4.00. The molecule has 1 aliphatic heterocycles. The number of fused-ring (bicyclic) bond motifs is 1. The zero-order valence-electron chi connectivity index (χ0n) is 13.6. The molecule has 3 rings (SSSR count). The molecule has 9 heteroatoms. The lowest BCUT2D eigenvalue weighted by molar-refractivity contribution is -0.132. The van der Waals surface area contributed by atoms with Crippen molar-refractivity contribution < 1.29 is 9.32 Å². The molecule has 0 bridgehead atoms. The van der Waals surface area contributed by atoms with Gasteiger partial charge in [-0.05, 0) is 6.42 Å². The Balaban J connectivity index is 1.70. The van der Waals surface area contributed by atoms with Gasteiger partial charge in [0, 0.05) is 45.1 Å². The Bertz CT molecular complexity index is 863. The van der Waals surface area contributed by atoms with E-state index in [2.05, 4.69) is 15.1 Å². The smallest absolute Gasteiger partial charge is 0.280 e. The highest BCUT2D eigenvalue weighted by atomic mass is 16.5. The lowest BCUT2D eigenvalue weighted by atomic mass is 10.1. The predicted molar refractivity (Wildman–Crippen MR) is 86.0 cm³/mol. The first-order valence-electron chi connectivity index (χ1n) is 7.68. The van der Waals surface area contributed by atoms with E-state index < -0.39 is 0 Å². The van der Waals surface area contributed by atoms with Crippen LogP contribution in [-0.2, 0) is 24.2 Å². The summed E-state index contributed by atoms with van der Waals surface area (Å²) in [6, 6.07) is 1.34. The maximum Gasteiger partial charge on any atom is 0.280 e. The predicted octanol–water partition coefficient (Wildman–Crippen LogP) is -0.365. The van der Waals surface area contributed by atoms with E-state index in [9.17, 15) is 14.4 Å². The Morgan fingerprint density at radius 3 is 2.88 bits per heavy atom. The summed E-state index contributed by atoms with van der Waals surface area (Å²) >= 11 is 0. The van der Waals surface area contributed by atoms with E-state index in [1.54, 1.807) is 23.9 Å². The van der Waals surface area contributed by atoms with Gasteiger partial charge in [0.1, 0.15) is 5.76 Å². The SMILES string of the molecule is CN(C)c1nc2c(c(=O)[nH]1)CCN(C(=O)CCc1cc(=O)[nH]o1)C2. The zero-order chi connectivity index (χ0) is 17.3. The van der Waals surface area contributed by atoms with E-state index in [-0.39, 0.29) is 23.4 Å². The van der Waals surface area contributed by atoms with Gasteiger partial charge in [0.15, 0.2) is 0 Å². The Kier molecular flexibility index (Phi) is 4.24. The highest BCUT2D eigenvalue weighted by molar-refractivity contribution is 5.76. The molecule has 0 atom stereocenters. The van der Waals surface area contributed by atoms with Crippen LogP contribution in [0.25, 0.3) is 0 Å². The molecule has 2 aromatic rings. The quantitative estimate of drug-likeness (QED) is 0.789. The molecule has 128 valence electrons. The monoisotopic (exact) mass is 333 g/mol. The minimum atomic E-state index is -0.316. The number of H-pyrrole nitrogens is 2. The van der Waals surface area contributed by atoms with Crippen molar-refractivity contribution in [2.45, 2.75) is 25.8 Å². The van der Waals surface area contributed by atoms with Crippen molar-refractivity contribution in [2.24, 2.45) is 0 Å². The van der Waals surface area contributed by atoms with Crippen LogP contribution >= 0.6 is 0 Å². The van der Waals surface area contributed by atoms with Crippen LogP contribution in [0.1, 0.15) is 23.4 Å². The third kappa shape index (κ3) is 3.24. The van der Waals surface area contributed by atoms with Gasteiger partial charge in [-0.1, -0.05) is 0 Å². The molecule has 0 aliphatic carbocycles. The highest BCUT2D eigenvalue weighted by Gasteiger charge is 2.24. The van der Waals surface area contributed by atoms with E-state index in [1.165, 1.54) is 6.07 Å². The van der Waals surface area contributed by atoms with Gasteiger partial charge < -0.3 is 14.3 Å². The number of rotatable bonds is 4. The van der Waals surface area contributed by atoms with E-state index in [0.29, 0.717) is 48.9 Å². The van der Waals surface area contributed by atoms with Gasteiger partial charge in [0.05, 0.1) is 12.2 Å². The molecule has 9 nitrogen and oxygen atoms in total. The molecule has 0 saturated heterocycles. The fourth-order valence-electron chi connectivity index (χ4n) is 2.68. The summed E-state index contributed by atoms with van der Waals surface area (Å²) in [5.74, 6) is 0.871. The Hall–Kier alpha value is -2.84. The van der Waals surface area contributed by atoms with Gasteiger partial charge in [-0.3, -0.25) is 19.4 Å². The number of aromatic nitrogens is 3. The Labute approximate surface area is 137 Å². The van der Waals surface area contributed by atoms with Gasteiger partial charge in [0.25, 0.3) is 11.1 Å². The van der Waals surface area contributed by atoms with Crippen LogP contribution in [0.2, 0.25) is 0 Å². The van der Waals surface area contributed by atoms with Crippen molar-refractivity contribution in [1.29, 1.82) is 0 Å². The minimum Gasteiger partial charge on any atom is -0.384 e. The molecule has 1 aliphatic rings. The van der Waals surface area contributed by atoms with E-state index >= 15 is 0 Å². The largest absolute Gasteiger partial charge is 0.384 e. The van der Waals surface area contributed by atoms with Crippen molar-refractivity contribution in [1.82, 2.24) is 20.0 Å². The van der Waals surface area contributed by atoms with Gasteiger partial charge in [0.2, 0.25) is 11.9 Å². The molecule has 1 amide bonds. The fourth-order valence-corrected chi connectivity index (χ4v) is 2.68. The zero-order valence-corrected chi connectivity index (χ0v) is 13.6. The second kappa shape index (κ2) is 6.34. The van der Waals surface area contributed by atoms with Gasteiger partial charge in [-0.15, -0.1) is 0 Å². The molecule has 0 fully saturated rings. The maximum absolute atomic E-state index is 12.4. The number of nitrogens with one attached hydrogen (secondary N) is 2. The third-order valence-electron chi connectivity index (χ3n) is 4.00. The number of aromatic amines is 2. The number of carbonyl (C=O) groups excluding carboxylic acids is 1. The molecule has 24 heavy (non-hydrogen) atoms. The van der Waals surface area contributed by atoms with Crippen LogP contribution in [0.4, 0.5) is 5.95 Å². The minimum absolute atomic E-state index is 0.0574. The lowest BCUT2D eigenvalue weighted by Crippen LogP contribution is -2.39. The average molecular weight is 333 g/mol. The normalized spacial score (nSPS) is 13.7. The first-order chi connectivity index (χ1) is 11.4. The second-order valence-electron chi connectivity index (χ2n) is 5.95. The van der Waals surface area contributed by atoms with Crippen molar-refractivity contribution >= 4 is 11.9 Å². The topological polar surface area (TPSA) is 115 Å². The number of hydrogen-bond acceptors (Lipinski definition) is 6. The molecule has 0 saturated carbocycles.